The van der Waals surface area contributed by atoms with Crippen LogP contribution in [-0.2, 0) is 0 Å². The fourth-order valence-electron chi connectivity index (χ4n) is 1.05. The number of aromatic nitrogens is 1. The lowest BCUT2D eigenvalue weighted by Crippen LogP contribution is -1.88. The van der Waals surface area contributed by atoms with Gasteiger partial charge in [-0.05, 0) is 30.9 Å². The quantitative estimate of drug-likeness (QED) is 0.531. The second-order valence-electron chi connectivity index (χ2n) is 2.95. The van der Waals surface area contributed by atoms with Crippen molar-refractivity contribution in [2.75, 3.05) is 5.75 Å². The minimum Gasteiger partial charge on any atom is -0.247 e. The first-order valence-corrected chi connectivity index (χ1v) is 4.90. The molecule has 0 atom stereocenters. The molecule has 0 saturated carbocycles. The van der Waals surface area contributed by atoms with Gasteiger partial charge < -0.3 is 0 Å². The van der Waals surface area contributed by atoms with Crippen molar-refractivity contribution >= 4 is 12.6 Å². The smallest absolute Gasteiger partial charge is 0.116 e. The molecule has 0 fully saturated rings. The molecule has 1 heterocycles. The summed E-state index contributed by atoms with van der Waals surface area (Å²) in [5.41, 5.74) is 3.20. The lowest BCUT2D eigenvalue weighted by Gasteiger charge is -1.97. The van der Waals surface area contributed by atoms with E-state index in [0.29, 0.717) is 0 Å². The Morgan fingerprint density at radius 3 is 2.85 bits per heavy atom. The Morgan fingerprint density at radius 1 is 1.46 bits per heavy atom. The van der Waals surface area contributed by atoms with E-state index in [9.17, 15) is 0 Å². The highest BCUT2D eigenvalue weighted by Gasteiger charge is 1.94. The fraction of sp³-hybridized carbons (Fsp3) is 0.364. The summed E-state index contributed by atoms with van der Waals surface area (Å²) in [4.78, 5) is 4.25. The summed E-state index contributed by atoms with van der Waals surface area (Å²) in [6.07, 6.45) is 2.66. The van der Waals surface area contributed by atoms with Crippen LogP contribution in [0.4, 0.5) is 0 Å². The van der Waals surface area contributed by atoms with Crippen LogP contribution >= 0.6 is 12.6 Å². The van der Waals surface area contributed by atoms with Crippen LogP contribution in [0.1, 0.15) is 23.2 Å². The molecule has 68 valence electrons. The Bertz CT molecular complexity index is 347. The van der Waals surface area contributed by atoms with E-state index in [1.165, 1.54) is 5.56 Å². The maximum atomic E-state index is 4.25. The second-order valence-corrected chi connectivity index (χ2v) is 3.40. The predicted octanol–water partition coefficient (Wildman–Crippen LogP) is 2.37. The van der Waals surface area contributed by atoms with Crippen LogP contribution in [0.3, 0.4) is 0 Å². The summed E-state index contributed by atoms with van der Waals surface area (Å²) < 4.78 is 0. The van der Waals surface area contributed by atoms with E-state index in [2.05, 4.69) is 35.5 Å². The summed E-state index contributed by atoms with van der Waals surface area (Å²) in [6, 6.07) is 2.09. The minimum absolute atomic E-state index is 0.803. The summed E-state index contributed by atoms with van der Waals surface area (Å²) in [5, 5.41) is 0. The zero-order valence-electron chi connectivity index (χ0n) is 7.96. The van der Waals surface area contributed by atoms with Gasteiger partial charge in [-0.3, -0.25) is 0 Å². The standard InChI is InChI=1S/C11H13NS/c1-9-7-10(2)11(12-8-9)5-3-4-6-13/h7-8,13H,4,6H2,1-2H3. The largest absolute Gasteiger partial charge is 0.247 e. The molecular weight excluding hydrogens is 178 g/mol. The van der Waals surface area contributed by atoms with E-state index in [-0.39, 0.29) is 0 Å². The molecule has 0 radical (unpaired) electrons. The van der Waals surface area contributed by atoms with Gasteiger partial charge in [-0.15, -0.1) is 0 Å². The molecule has 13 heavy (non-hydrogen) atoms. The molecular formula is C11H13NS. The Kier molecular flexibility index (Phi) is 3.85. The molecule has 0 saturated heterocycles. The number of nitrogens with zero attached hydrogens (tertiary/aromatic N) is 1. The molecule has 0 aliphatic heterocycles. The molecule has 1 rings (SSSR count). The van der Waals surface area contributed by atoms with Crippen LogP contribution in [0.15, 0.2) is 12.3 Å². The first kappa shape index (κ1) is 10.1. The first-order chi connectivity index (χ1) is 6.24. The Labute approximate surface area is 85.0 Å². The van der Waals surface area contributed by atoms with Crippen molar-refractivity contribution in [1.82, 2.24) is 4.98 Å². The van der Waals surface area contributed by atoms with E-state index in [4.69, 9.17) is 0 Å². The van der Waals surface area contributed by atoms with Gasteiger partial charge in [0, 0.05) is 18.4 Å². The summed E-state index contributed by atoms with van der Waals surface area (Å²) >= 11 is 4.09. The van der Waals surface area contributed by atoms with Gasteiger partial charge in [0.1, 0.15) is 5.69 Å². The molecule has 0 N–H and O–H groups in total. The lowest BCUT2D eigenvalue weighted by atomic mass is 10.2. The maximum Gasteiger partial charge on any atom is 0.116 e. The van der Waals surface area contributed by atoms with Crippen molar-refractivity contribution < 1.29 is 0 Å². The molecule has 1 aromatic rings. The summed E-state index contributed by atoms with van der Waals surface area (Å²) in [5.74, 6) is 6.86. The zero-order chi connectivity index (χ0) is 9.68. The van der Waals surface area contributed by atoms with Gasteiger partial charge >= 0.3 is 0 Å². The Balaban J connectivity index is 2.85. The van der Waals surface area contributed by atoms with E-state index < -0.39 is 0 Å². The minimum atomic E-state index is 0.803. The SMILES string of the molecule is Cc1cnc(C#CCCS)c(C)c1. The van der Waals surface area contributed by atoms with Crippen LogP contribution in [0.5, 0.6) is 0 Å². The molecule has 1 nitrogen and oxygen atoms in total. The van der Waals surface area contributed by atoms with Crippen LogP contribution in [0.25, 0.3) is 0 Å². The van der Waals surface area contributed by atoms with Gasteiger partial charge in [0.2, 0.25) is 0 Å². The van der Waals surface area contributed by atoms with Crippen molar-refractivity contribution in [2.45, 2.75) is 20.3 Å². The van der Waals surface area contributed by atoms with Gasteiger partial charge in [0.05, 0.1) is 0 Å². The molecule has 0 unspecified atom stereocenters. The Morgan fingerprint density at radius 2 is 2.23 bits per heavy atom. The number of hydrogen-bond donors (Lipinski definition) is 1. The highest BCUT2D eigenvalue weighted by atomic mass is 32.1. The number of rotatable bonds is 1. The van der Waals surface area contributed by atoms with Crippen LogP contribution < -0.4 is 0 Å². The maximum absolute atomic E-state index is 4.25. The van der Waals surface area contributed by atoms with E-state index in [1.54, 1.807) is 0 Å². The van der Waals surface area contributed by atoms with Gasteiger partial charge in [-0.1, -0.05) is 12.0 Å². The van der Waals surface area contributed by atoms with Crippen molar-refractivity contribution in [1.29, 1.82) is 0 Å². The van der Waals surface area contributed by atoms with E-state index in [1.807, 2.05) is 20.0 Å². The zero-order valence-corrected chi connectivity index (χ0v) is 8.86. The molecule has 0 amide bonds. The lowest BCUT2D eigenvalue weighted by molar-refractivity contribution is 1.18. The average Bonchev–Trinajstić information content (AvgIpc) is 2.09. The molecule has 0 aromatic carbocycles. The number of hydrogen-bond acceptors (Lipinski definition) is 2. The van der Waals surface area contributed by atoms with E-state index in [0.717, 1.165) is 23.4 Å². The normalized spacial score (nSPS) is 9.15. The predicted molar refractivity (Wildman–Crippen MR) is 59.1 cm³/mol. The Hall–Kier alpha value is -0.940. The fourth-order valence-corrected chi connectivity index (χ4v) is 1.16. The van der Waals surface area contributed by atoms with Gasteiger partial charge in [-0.2, -0.15) is 12.6 Å². The summed E-state index contributed by atoms with van der Waals surface area (Å²) in [7, 11) is 0. The molecule has 0 spiro atoms. The van der Waals surface area contributed by atoms with Crippen LogP contribution in [0, 0.1) is 25.7 Å². The molecule has 0 aliphatic carbocycles. The van der Waals surface area contributed by atoms with Crippen LogP contribution in [0.2, 0.25) is 0 Å². The topological polar surface area (TPSA) is 12.9 Å². The third-order valence-electron chi connectivity index (χ3n) is 1.66. The molecule has 0 aliphatic rings. The van der Waals surface area contributed by atoms with Gasteiger partial charge in [-0.25, -0.2) is 4.98 Å². The first-order valence-electron chi connectivity index (χ1n) is 4.27. The highest BCUT2D eigenvalue weighted by molar-refractivity contribution is 7.80. The second kappa shape index (κ2) is 4.94. The molecule has 0 bridgehead atoms. The third-order valence-corrected chi connectivity index (χ3v) is 1.88. The monoisotopic (exact) mass is 191 g/mol. The highest BCUT2D eigenvalue weighted by Crippen LogP contribution is 2.05. The van der Waals surface area contributed by atoms with Crippen molar-refractivity contribution in [3.8, 4) is 11.8 Å². The van der Waals surface area contributed by atoms with Gasteiger partial charge in [0.15, 0.2) is 0 Å². The molecule has 1 aromatic heterocycles. The van der Waals surface area contributed by atoms with Crippen molar-refractivity contribution in [2.24, 2.45) is 0 Å². The number of thiol groups is 1. The van der Waals surface area contributed by atoms with Crippen LogP contribution in [-0.4, -0.2) is 10.7 Å². The number of aryl methyl sites for hydroxylation is 2. The molecule has 2 heteroatoms. The third kappa shape index (κ3) is 3.12. The summed E-state index contributed by atoms with van der Waals surface area (Å²) in [6.45, 7) is 4.07. The van der Waals surface area contributed by atoms with Gasteiger partial charge in [0.25, 0.3) is 0 Å². The van der Waals surface area contributed by atoms with Crippen molar-refractivity contribution in [3.63, 3.8) is 0 Å². The van der Waals surface area contributed by atoms with Crippen molar-refractivity contribution in [3.05, 3.63) is 29.1 Å². The number of pyridine rings is 1. The van der Waals surface area contributed by atoms with E-state index >= 15 is 0 Å². The average molecular weight is 191 g/mol.